The van der Waals surface area contributed by atoms with Crippen molar-refractivity contribution in [2.75, 3.05) is 0 Å². The molecule has 0 atom stereocenters. The van der Waals surface area contributed by atoms with Gasteiger partial charge in [0.15, 0.2) is 6.40 Å². The maximum absolute atomic E-state index is 6.31. The third-order valence-corrected chi connectivity index (χ3v) is 0.283. The van der Waals surface area contributed by atoms with Crippen molar-refractivity contribution in [3.8, 4) is 0 Å². The lowest BCUT2D eigenvalue weighted by Crippen LogP contribution is -1.67. The zero-order valence-corrected chi connectivity index (χ0v) is 3.64. The van der Waals surface area contributed by atoms with Gasteiger partial charge in [0.25, 0.3) is 0 Å². The number of allylic oxidation sites excluding steroid dienone is 1. The Morgan fingerprint density at radius 3 is 2.50 bits per heavy atom. The molecular formula is C4H7NO. The second-order valence-corrected chi connectivity index (χ2v) is 0.723. The Morgan fingerprint density at radius 2 is 2.33 bits per heavy atom. The van der Waals surface area contributed by atoms with Crippen molar-refractivity contribution in [2.24, 2.45) is 0 Å². The molecule has 0 aliphatic heterocycles. The summed E-state index contributed by atoms with van der Waals surface area (Å²) in [5.74, 6) is 0. The fourth-order valence-corrected chi connectivity index (χ4v) is 0.118. The van der Waals surface area contributed by atoms with Gasteiger partial charge < -0.3 is 4.74 Å². The highest BCUT2D eigenvalue weighted by atomic mass is 16.5. The summed E-state index contributed by atoms with van der Waals surface area (Å²) in [6, 6.07) is 0. The van der Waals surface area contributed by atoms with Crippen molar-refractivity contribution in [1.29, 1.82) is 5.41 Å². The maximum atomic E-state index is 6.31. The largest absolute Gasteiger partial charge is 0.454 e. The predicted octanol–water partition coefficient (Wildman–Crippen LogP) is 1.14. The Hall–Kier alpha value is -0.790. The van der Waals surface area contributed by atoms with Crippen molar-refractivity contribution in [2.45, 2.75) is 6.92 Å². The van der Waals surface area contributed by atoms with Crippen molar-refractivity contribution in [1.82, 2.24) is 0 Å². The Bertz CT molecular complexity index is 58.6. The Morgan fingerprint density at radius 1 is 1.67 bits per heavy atom. The van der Waals surface area contributed by atoms with Crippen molar-refractivity contribution < 1.29 is 4.74 Å². The molecule has 0 fully saturated rings. The number of hydrogen-bond donors (Lipinski definition) is 1. The van der Waals surface area contributed by atoms with Crippen LogP contribution in [0.1, 0.15) is 6.92 Å². The number of ether oxygens (including phenoxy) is 1. The highest BCUT2D eigenvalue weighted by Gasteiger charge is 1.54. The molecule has 6 heavy (non-hydrogen) atoms. The van der Waals surface area contributed by atoms with E-state index in [1.807, 2.05) is 6.92 Å². The van der Waals surface area contributed by atoms with E-state index < -0.39 is 0 Å². The second kappa shape index (κ2) is 4.21. The Balaban J connectivity index is 2.85. The molecule has 0 saturated carbocycles. The van der Waals surface area contributed by atoms with E-state index in [0.717, 1.165) is 6.40 Å². The topological polar surface area (TPSA) is 33.1 Å². The van der Waals surface area contributed by atoms with Gasteiger partial charge in [0.1, 0.15) is 0 Å². The van der Waals surface area contributed by atoms with Gasteiger partial charge in [-0.3, -0.25) is 5.41 Å². The smallest absolute Gasteiger partial charge is 0.172 e. The average Bonchev–Trinajstić information content (AvgIpc) is 1.61. The van der Waals surface area contributed by atoms with E-state index in [4.69, 9.17) is 5.41 Å². The van der Waals surface area contributed by atoms with Gasteiger partial charge in [0.05, 0.1) is 6.26 Å². The van der Waals surface area contributed by atoms with Gasteiger partial charge in [0, 0.05) is 0 Å². The molecule has 0 aromatic heterocycles. The van der Waals surface area contributed by atoms with Crippen LogP contribution >= 0.6 is 0 Å². The van der Waals surface area contributed by atoms with Crippen LogP contribution in [-0.2, 0) is 4.74 Å². The van der Waals surface area contributed by atoms with E-state index in [1.165, 1.54) is 6.26 Å². The minimum Gasteiger partial charge on any atom is -0.454 e. The number of hydrogen-bond acceptors (Lipinski definition) is 2. The van der Waals surface area contributed by atoms with Gasteiger partial charge in [-0.2, -0.15) is 0 Å². The summed E-state index contributed by atoms with van der Waals surface area (Å²) in [5, 5.41) is 6.31. The van der Waals surface area contributed by atoms with Crippen LogP contribution in [0, 0.1) is 5.41 Å². The number of nitrogens with one attached hydrogen (secondary N) is 1. The van der Waals surface area contributed by atoms with E-state index in [0.29, 0.717) is 0 Å². The minimum absolute atomic E-state index is 0.875. The van der Waals surface area contributed by atoms with Gasteiger partial charge in [-0.15, -0.1) is 0 Å². The highest BCUT2D eigenvalue weighted by molar-refractivity contribution is 5.41. The Kier molecular flexibility index (Phi) is 3.66. The summed E-state index contributed by atoms with van der Waals surface area (Å²) in [6.45, 7) is 1.82. The van der Waals surface area contributed by atoms with E-state index in [1.54, 1.807) is 6.08 Å². The van der Waals surface area contributed by atoms with Crippen LogP contribution in [-0.4, -0.2) is 6.40 Å². The predicted molar refractivity (Wildman–Crippen MR) is 24.7 cm³/mol. The lowest BCUT2D eigenvalue weighted by atomic mass is 10.7. The van der Waals surface area contributed by atoms with Crippen LogP contribution in [0.2, 0.25) is 0 Å². The zero-order chi connectivity index (χ0) is 4.83. The summed E-state index contributed by atoms with van der Waals surface area (Å²) in [7, 11) is 0. The molecule has 0 aromatic carbocycles. The van der Waals surface area contributed by atoms with E-state index >= 15 is 0 Å². The lowest BCUT2D eigenvalue weighted by Gasteiger charge is -1.77. The van der Waals surface area contributed by atoms with Crippen LogP contribution in [0.25, 0.3) is 0 Å². The molecule has 2 nitrogen and oxygen atoms in total. The second-order valence-electron chi connectivity index (χ2n) is 0.723. The van der Waals surface area contributed by atoms with Crippen LogP contribution in [0.5, 0.6) is 0 Å². The molecule has 0 spiro atoms. The summed E-state index contributed by atoms with van der Waals surface area (Å²) < 4.78 is 4.34. The van der Waals surface area contributed by atoms with Gasteiger partial charge in [0.2, 0.25) is 0 Å². The average molecular weight is 85.1 g/mol. The summed E-state index contributed by atoms with van der Waals surface area (Å²) in [4.78, 5) is 0. The molecule has 0 saturated heterocycles. The van der Waals surface area contributed by atoms with Gasteiger partial charge in [-0.1, -0.05) is 6.08 Å². The molecule has 0 amide bonds. The standard InChI is InChI=1S/C4H7NO/c1-2-3-6-4-5/h2-5H,1H3/b3-2+,5-4?. The van der Waals surface area contributed by atoms with Gasteiger partial charge in [-0.25, -0.2) is 0 Å². The fourth-order valence-electron chi connectivity index (χ4n) is 0.118. The maximum Gasteiger partial charge on any atom is 0.172 e. The van der Waals surface area contributed by atoms with Crippen LogP contribution < -0.4 is 0 Å². The van der Waals surface area contributed by atoms with E-state index in [2.05, 4.69) is 4.74 Å². The molecule has 0 heterocycles. The van der Waals surface area contributed by atoms with Crippen molar-refractivity contribution >= 4 is 6.40 Å². The zero-order valence-electron chi connectivity index (χ0n) is 3.64. The third-order valence-electron chi connectivity index (χ3n) is 0.283. The lowest BCUT2D eigenvalue weighted by molar-refractivity contribution is 0.489. The first-order valence-electron chi connectivity index (χ1n) is 1.67. The summed E-state index contributed by atoms with van der Waals surface area (Å²) in [6.07, 6.45) is 4.03. The van der Waals surface area contributed by atoms with Crippen LogP contribution in [0.4, 0.5) is 0 Å². The first-order chi connectivity index (χ1) is 2.91. The molecule has 0 aliphatic rings. The fraction of sp³-hybridized carbons (Fsp3) is 0.250. The van der Waals surface area contributed by atoms with Crippen LogP contribution in [0.3, 0.4) is 0 Å². The molecule has 1 N–H and O–H groups in total. The van der Waals surface area contributed by atoms with E-state index in [9.17, 15) is 0 Å². The monoisotopic (exact) mass is 85.1 g/mol. The van der Waals surface area contributed by atoms with Gasteiger partial charge >= 0.3 is 0 Å². The van der Waals surface area contributed by atoms with Crippen molar-refractivity contribution in [3.63, 3.8) is 0 Å². The summed E-state index contributed by atoms with van der Waals surface area (Å²) in [5.41, 5.74) is 0. The molecule has 2 heteroatoms. The molecule has 0 rings (SSSR count). The summed E-state index contributed by atoms with van der Waals surface area (Å²) >= 11 is 0. The van der Waals surface area contributed by atoms with Crippen LogP contribution in [0.15, 0.2) is 12.3 Å². The molecular weight excluding hydrogens is 78.1 g/mol. The normalized spacial score (nSPS) is 8.83. The van der Waals surface area contributed by atoms with Gasteiger partial charge in [-0.05, 0) is 6.92 Å². The Labute approximate surface area is 36.9 Å². The van der Waals surface area contributed by atoms with E-state index in [-0.39, 0.29) is 0 Å². The highest BCUT2D eigenvalue weighted by Crippen LogP contribution is 1.66. The number of rotatable bonds is 2. The molecule has 0 aliphatic carbocycles. The van der Waals surface area contributed by atoms with Crippen molar-refractivity contribution in [3.05, 3.63) is 12.3 Å². The molecule has 0 radical (unpaired) electrons. The first kappa shape index (κ1) is 5.21. The SMILES string of the molecule is C/C=C/OC=N. The molecule has 0 unspecified atom stereocenters. The minimum atomic E-state index is 0.875. The molecule has 0 aromatic rings. The molecule has 0 bridgehead atoms. The first-order valence-corrected chi connectivity index (χ1v) is 1.67. The molecule has 34 valence electrons. The quantitative estimate of drug-likeness (QED) is 0.304. The third kappa shape index (κ3) is 3.21.